The summed E-state index contributed by atoms with van der Waals surface area (Å²) in [5.74, 6) is -0.0329. The average Bonchev–Trinajstić information content (AvgIpc) is 2.75. The SMILES string of the molecule is CCCCNC(=O)COCCOCCNC=O.CCOCCOCCNC(=O)CC. The molecule has 10 nitrogen and oxygen atoms in total. The van der Waals surface area contributed by atoms with Gasteiger partial charge < -0.3 is 34.9 Å². The van der Waals surface area contributed by atoms with Crippen molar-refractivity contribution in [3.8, 4) is 0 Å². The molecule has 0 heterocycles. The first-order chi connectivity index (χ1) is 14.6. The average molecular weight is 436 g/mol. The van der Waals surface area contributed by atoms with Gasteiger partial charge in [-0.1, -0.05) is 20.3 Å². The highest BCUT2D eigenvalue weighted by atomic mass is 16.5. The molecule has 0 unspecified atom stereocenters. The van der Waals surface area contributed by atoms with Crippen molar-refractivity contribution in [1.29, 1.82) is 0 Å². The van der Waals surface area contributed by atoms with Crippen LogP contribution in [0.15, 0.2) is 0 Å². The van der Waals surface area contributed by atoms with E-state index in [9.17, 15) is 14.4 Å². The summed E-state index contributed by atoms with van der Waals surface area (Å²) in [6.07, 6.45) is 3.20. The standard InChI is InChI=1S/C11H22N2O4.C9H19NO3/c1-2-3-4-13-11(15)9-17-8-7-16-6-5-12-10-14;1-3-9(11)10-5-6-13-8-7-12-4-2/h10H,2-9H2,1H3,(H,12,14)(H,13,15);3-8H2,1-2H3,(H,10,11). The fourth-order valence-electron chi connectivity index (χ4n) is 1.78. The lowest BCUT2D eigenvalue weighted by Crippen LogP contribution is -2.29. The van der Waals surface area contributed by atoms with Crippen LogP contribution in [0.4, 0.5) is 0 Å². The van der Waals surface area contributed by atoms with Gasteiger partial charge in [0.1, 0.15) is 6.61 Å². The van der Waals surface area contributed by atoms with Gasteiger partial charge in [0, 0.05) is 32.7 Å². The van der Waals surface area contributed by atoms with Crippen molar-refractivity contribution in [2.24, 2.45) is 0 Å². The first kappa shape index (κ1) is 30.4. The van der Waals surface area contributed by atoms with Crippen molar-refractivity contribution in [2.75, 3.05) is 72.5 Å². The van der Waals surface area contributed by atoms with Crippen LogP contribution in [0.5, 0.6) is 0 Å². The second-order valence-corrected chi connectivity index (χ2v) is 5.95. The van der Waals surface area contributed by atoms with Gasteiger partial charge in [0.25, 0.3) is 0 Å². The van der Waals surface area contributed by atoms with Gasteiger partial charge >= 0.3 is 0 Å². The molecule has 0 aliphatic heterocycles. The van der Waals surface area contributed by atoms with Crippen LogP contribution in [-0.4, -0.2) is 90.7 Å². The van der Waals surface area contributed by atoms with Gasteiger partial charge in [-0.15, -0.1) is 0 Å². The zero-order valence-corrected chi connectivity index (χ0v) is 18.8. The number of carbonyl (C=O) groups excluding carboxylic acids is 3. The maximum absolute atomic E-state index is 11.2. The lowest BCUT2D eigenvalue weighted by Gasteiger charge is -2.06. The van der Waals surface area contributed by atoms with Crippen molar-refractivity contribution in [1.82, 2.24) is 16.0 Å². The number of hydrogen-bond acceptors (Lipinski definition) is 7. The van der Waals surface area contributed by atoms with Crippen molar-refractivity contribution < 1.29 is 33.3 Å². The van der Waals surface area contributed by atoms with Gasteiger partial charge in [-0.25, -0.2) is 0 Å². The molecule has 0 aliphatic carbocycles. The Balaban J connectivity index is 0. The monoisotopic (exact) mass is 435 g/mol. The molecule has 0 aromatic carbocycles. The number of ether oxygens (including phenoxy) is 4. The van der Waals surface area contributed by atoms with Gasteiger partial charge in [0.05, 0.1) is 39.6 Å². The molecular formula is C20H41N3O7. The summed E-state index contributed by atoms with van der Waals surface area (Å²) in [6.45, 7) is 11.4. The molecule has 0 bridgehead atoms. The highest BCUT2D eigenvalue weighted by Crippen LogP contribution is 1.83. The third-order valence-corrected chi connectivity index (χ3v) is 3.40. The smallest absolute Gasteiger partial charge is 0.245 e. The van der Waals surface area contributed by atoms with Crippen molar-refractivity contribution in [2.45, 2.75) is 40.0 Å². The Morgan fingerprint density at radius 2 is 1.33 bits per heavy atom. The van der Waals surface area contributed by atoms with E-state index in [-0.39, 0.29) is 18.4 Å². The maximum Gasteiger partial charge on any atom is 0.245 e. The van der Waals surface area contributed by atoms with Crippen LogP contribution in [0, 0.1) is 0 Å². The number of carbonyl (C=O) groups is 3. The molecule has 0 atom stereocenters. The van der Waals surface area contributed by atoms with Gasteiger partial charge in [0.15, 0.2) is 0 Å². The van der Waals surface area contributed by atoms with E-state index in [1.807, 2.05) is 13.8 Å². The summed E-state index contributed by atoms with van der Waals surface area (Å²) in [4.78, 5) is 31.8. The van der Waals surface area contributed by atoms with E-state index < -0.39 is 0 Å². The predicted molar refractivity (Wildman–Crippen MR) is 114 cm³/mol. The predicted octanol–water partition coefficient (Wildman–Crippen LogP) is 0.248. The zero-order valence-electron chi connectivity index (χ0n) is 18.8. The highest BCUT2D eigenvalue weighted by Gasteiger charge is 1.99. The molecule has 0 aliphatic rings. The van der Waals surface area contributed by atoms with E-state index in [2.05, 4.69) is 22.9 Å². The number of hydrogen-bond donors (Lipinski definition) is 3. The Labute approximate surface area is 180 Å². The van der Waals surface area contributed by atoms with Crippen LogP contribution < -0.4 is 16.0 Å². The van der Waals surface area contributed by atoms with Crippen molar-refractivity contribution in [3.63, 3.8) is 0 Å². The number of amides is 3. The van der Waals surface area contributed by atoms with Gasteiger partial charge in [-0.3, -0.25) is 14.4 Å². The Morgan fingerprint density at radius 1 is 0.733 bits per heavy atom. The molecule has 0 aromatic rings. The third-order valence-electron chi connectivity index (χ3n) is 3.40. The van der Waals surface area contributed by atoms with Crippen LogP contribution >= 0.6 is 0 Å². The molecular weight excluding hydrogens is 394 g/mol. The minimum absolute atomic E-state index is 0.0633. The van der Waals surface area contributed by atoms with Crippen LogP contribution in [-0.2, 0) is 33.3 Å². The Hall–Kier alpha value is -1.75. The summed E-state index contributed by atoms with van der Waals surface area (Å²) in [5.41, 5.74) is 0. The summed E-state index contributed by atoms with van der Waals surface area (Å²) >= 11 is 0. The third kappa shape index (κ3) is 28.5. The molecule has 0 rings (SSSR count). The number of rotatable bonds is 20. The topological polar surface area (TPSA) is 124 Å². The first-order valence-corrected chi connectivity index (χ1v) is 10.6. The van der Waals surface area contributed by atoms with E-state index in [0.29, 0.717) is 72.1 Å². The van der Waals surface area contributed by atoms with Gasteiger partial charge in [-0.2, -0.15) is 0 Å². The Kier molecular flexibility index (Phi) is 27.7. The minimum atomic E-state index is -0.0962. The van der Waals surface area contributed by atoms with E-state index in [4.69, 9.17) is 18.9 Å². The lowest BCUT2D eigenvalue weighted by molar-refractivity contribution is -0.126. The minimum Gasteiger partial charge on any atom is -0.379 e. The Morgan fingerprint density at radius 3 is 1.93 bits per heavy atom. The fraction of sp³-hybridized carbons (Fsp3) is 0.850. The van der Waals surface area contributed by atoms with E-state index in [1.165, 1.54) is 0 Å². The second-order valence-electron chi connectivity index (χ2n) is 5.95. The molecule has 3 N–H and O–H groups in total. The van der Waals surface area contributed by atoms with Crippen LogP contribution in [0.3, 0.4) is 0 Å². The molecule has 0 radical (unpaired) electrons. The summed E-state index contributed by atoms with van der Waals surface area (Å²) < 4.78 is 20.5. The van der Waals surface area contributed by atoms with Crippen molar-refractivity contribution in [3.05, 3.63) is 0 Å². The van der Waals surface area contributed by atoms with E-state index in [1.54, 1.807) is 0 Å². The summed E-state index contributed by atoms with van der Waals surface area (Å²) in [6, 6.07) is 0. The number of nitrogens with one attached hydrogen (secondary N) is 3. The van der Waals surface area contributed by atoms with E-state index in [0.717, 1.165) is 19.4 Å². The molecule has 178 valence electrons. The fourth-order valence-corrected chi connectivity index (χ4v) is 1.78. The molecule has 0 fully saturated rings. The van der Waals surface area contributed by atoms with Crippen LogP contribution in [0.1, 0.15) is 40.0 Å². The first-order valence-electron chi connectivity index (χ1n) is 10.6. The normalized spacial score (nSPS) is 9.97. The maximum atomic E-state index is 11.2. The molecule has 0 aromatic heterocycles. The Bertz CT molecular complexity index is 399. The van der Waals surface area contributed by atoms with E-state index >= 15 is 0 Å². The molecule has 0 saturated heterocycles. The van der Waals surface area contributed by atoms with Crippen LogP contribution in [0.25, 0.3) is 0 Å². The highest BCUT2D eigenvalue weighted by molar-refractivity contribution is 5.77. The van der Waals surface area contributed by atoms with Gasteiger partial charge in [-0.05, 0) is 13.3 Å². The molecule has 30 heavy (non-hydrogen) atoms. The van der Waals surface area contributed by atoms with Crippen molar-refractivity contribution >= 4 is 18.2 Å². The zero-order chi connectivity index (χ0) is 22.7. The molecule has 3 amide bonds. The molecule has 0 spiro atoms. The molecule has 0 saturated carbocycles. The summed E-state index contributed by atoms with van der Waals surface area (Å²) in [7, 11) is 0. The summed E-state index contributed by atoms with van der Waals surface area (Å²) in [5, 5.41) is 7.94. The lowest BCUT2D eigenvalue weighted by atomic mass is 10.3. The second kappa shape index (κ2) is 27.2. The quantitative estimate of drug-likeness (QED) is 0.185. The number of unbranched alkanes of at least 4 members (excludes halogenated alkanes) is 1. The van der Waals surface area contributed by atoms with Crippen LogP contribution in [0.2, 0.25) is 0 Å². The molecule has 10 heteroatoms. The largest absolute Gasteiger partial charge is 0.379 e. The van der Waals surface area contributed by atoms with Gasteiger partial charge in [0.2, 0.25) is 18.2 Å².